The second kappa shape index (κ2) is 7.84. The van der Waals surface area contributed by atoms with E-state index in [1.807, 2.05) is 30.3 Å². The van der Waals surface area contributed by atoms with Crippen LogP contribution in [0.4, 0.5) is 0 Å². The molecule has 0 saturated heterocycles. The maximum Gasteiger partial charge on any atom is 0.224 e. The highest BCUT2D eigenvalue weighted by molar-refractivity contribution is 9.10. The molecule has 116 valence electrons. The summed E-state index contributed by atoms with van der Waals surface area (Å²) in [5, 5.41) is 12.4. The number of phenolic OH excluding ortho intramolecular Hbond substituents is 1. The molecule has 5 heteroatoms. The van der Waals surface area contributed by atoms with Crippen LogP contribution in [0.1, 0.15) is 11.1 Å². The van der Waals surface area contributed by atoms with Gasteiger partial charge in [0, 0.05) is 11.0 Å². The average molecular weight is 364 g/mol. The Hall–Kier alpha value is -2.01. The van der Waals surface area contributed by atoms with E-state index >= 15 is 0 Å². The Morgan fingerprint density at radius 2 is 2.05 bits per heavy atom. The Kier molecular flexibility index (Phi) is 5.83. The fourth-order valence-corrected chi connectivity index (χ4v) is 2.53. The van der Waals surface area contributed by atoms with Gasteiger partial charge in [-0.05, 0) is 35.7 Å². The summed E-state index contributed by atoms with van der Waals surface area (Å²) in [4.78, 5) is 11.9. The summed E-state index contributed by atoms with van der Waals surface area (Å²) < 4.78 is 6.00. The van der Waals surface area contributed by atoms with E-state index in [2.05, 4.69) is 21.2 Å². The zero-order valence-corrected chi connectivity index (χ0v) is 13.9. The van der Waals surface area contributed by atoms with E-state index in [-0.39, 0.29) is 11.7 Å². The van der Waals surface area contributed by atoms with Crippen LogP contribution in [0, 0.1) is 0 Å². The van der Waals surface area contributed by atoms with E-state index in [4.69, 9.17) is 4.74 Å². The minimum atomic E-state index is -0.0161. The summed E-state index contributed by atoms with van der Waals surface area (Å²) >= 11 is 3.43. The highest BCUT2D eigenvalue weighted by atomic mass is 79.9. The van der Waals surface area contributed by atoms with Crippen molar-refractivity contribution in [2.45, 2.75) is 12.8 Å². The predicted molar refractivity (Wildman–Crippen MR) is 89.2 cm³/mol. The summed E-state index contributed by atoms with van der Waals surface area (Å²) in [5.74, 6) is 0.541. The van der Waals surface area contributed by atoms with E-state index in [1.165, 1.54) is 7.11 Å². The highest BCUT2D eigenvalue weighted by Crippen LogP contribution is 2.26. The molecule has 0 aromatic heterocycles. The molecule has 0 bridgehead atoms. The number of nitrogens with one attached hydrogen (secondary N) is 1. The molecular weight excluding hydrogens is 346 g/mol. The van der Waals surface area contributed by atoms with Gasteiger partial charge in [-0.2, -0.15) is 0 Å². The van der Waals surface area contributed by atoms with Crippen LogP contribution in [0.2, 0.25) is 0 Å². The van der Waals surface area contributed by atoms with Crippen molar-refractivity contribution in [3.63, 3.8) is 0 Å². The standard InChI is InChI=1S/C17H18BrNO3/c1-22-16-10-12(6-7-15(16)20)8-9-19-17(21)11-13-4-2-3-5-14(13)18/h2-7,10,20H,8-9,11H2,1H3,(H,19,21). The summed E-state index contributed by atoms with van der Waals surface area (Å²) in [6, 6.07) is 12.9. The van der Waals surface area contributed by atoms with Gasteiger partial charge < -0.3 is 15.2 Å². The second-order valence-corrected chi connectivity index (χ2v) is 5.73. The third kappa shape index (κ3) is 4.49. The molecule has 2 rings (SSSR count). The number of carbonyl (C=O) groups excluding carboxylic acids is 1. The molecule has 0 aliphatic rings. The molecule has 0 fully saturated rings. The lowest BCUT2D eigenvalue weighted by Gasteiger charge is -2.08. The van der Waals surface area contributed by atoms with Crippen molar-refractivity contribution >= 4 is 21.8 Å². The number of phenols is 1. The van der Waals surface area contributed by atoms with Crippen molar-refractivity contribution in [1.29, 1.82) is 0 Å². The van der Waals surface area contributed by atoms with Gasteiger partial charge in [-0.25, -0.2) is 0 Å². The van der Waals surface area contributed by atoms with Crippen LogP contribution in [0.25, 0.3) is 0 Å². The molecule has 0 radical (unpaired) electrons. The van der Waals surface area contributed by atoms with Crippen LogP contribution in [-0.2, 0) is 17.6 Å². The molecule has 0 saturated carbocycles. The van der Waals surface area contributed by atoms with E-state index in [0.29, 0.717) is 25.1 Å². The predicted octanol–water partition coefficient (Wildman–Crippen LogP) is 3.06. The number of amides is 1. The molecule has 2 aromatic rings. The summed E-state index contributed by atoms with van der Waals surface area (Å²) in [5.41, 5.74) is 1.96. The normalized spacial score (nSPS) is 10.3. The zero-order valence-electron chi connectivity index (χ0n) is 12.3. The van der Waals surface area contributed by atoms with Crippen LogP contribution < -0.4 is 10.1 Å². The van der Waals surface area contributed by atoms with E-state index in [0.717, 1.165) is 15.6 Å². The van der Waals surface area contributed by atoms with Crippen molar-refractivity contribution in [2.75, 3.05) is 13.7 Å². The SMILES string of the molecule is COc1cc(CCNC(=O)Cc2ccccc2Br)ccc1O. The minimum absolute atomic E-state index is 0.0161. The van der Waals surface area contributed by atoms with Gasteiger partial charge in [0.2, 0.25) is 5.91 Å². The lowest BCUT2D eigenvalue weighted by molar-refractivity contribution is -0.120. The van der Waals surface area contributed by atoms with Gasteiger partial charge in [-0.15, -0.1) is 0 Å². The molecule has 1 amide bonds. The van der Waals surface area contributed by atoms with Gasteiger partial charge in [-0.1, -0.05) is 40.2 Å². The van der Waals surface area contributed by atoms with E-state index in [1.54, 1.807) is 12.1 Å². The summed E-state index contributed by atoms with van der Waals surface area (Å²) in [6.07, 6.45) is 1.03. The van der Waals surface area contributed by atoms with Gasteiger partial charge in [-0.3, -0.25) is 4.79 Å². The van der Waals surface area contributed by atoms with Gasteiger partial charge in [0.05, 0.1) is 13.5 Å². The van der Waals surface area contributed by atoms with Gasteiger partial charge >= 0.3 is 0 Å². The van der Waals surface area contributed by atoms with Crippen LogP contribution in [-0.4, -0.2) is 24.7 Å². The topological polar surface area (TPSA) is 58.6 Å². The molecule has 0 unspecified atom stereocenters. The first-order valence-electron chi connectivity index (χ1n) is 6.96. The number of aromatic hydroxyl groups is 1. The van der Waals surface area contributed by atoms with Gasteiger partial charge in [0.1, 0.15) is 0 Å². The van der Waals surface area contributed by atoms with E-state index in [9.17, 15) is 9.90 Å². The third-order valence-corrected chi connectivity index (χ3v) is 4.06. The first kappa shape index (κ1) is 16.4. The molecule has 2 N–H and O–H groups in total. The number of carbonyl (C=O) groups is 1. The molecule has 2 aromatic carbocycles. The smallest absolute Gasteiger partial charge is 0.224 e. The Balaban J connectivity index is 1.83. The third-order valence-electron chi connectivity index (χ3n) is 3.29. The zero-order chi connectivity index (χ0) is 15.9. The van der Waals surface area contributed by atoms with Crippen molar-refractivity contribution in [2.24, 2.45) is 0 Å². The fourth-order valence-electron chi connectivity index (χ4n) is 2.10. The van der Waals surface area contributed by atoms with Crippen molar-refractivity contribution in [3.8, 4) is 11.5 Å². The number of rotatable bonds is 6. The summed E-state index contributed by atoms with van der Waals surface area (Å²) in [6.45, 7) is 0.539. The summed E-state index contributed by atoms with van der Waals surface area (Å²) in [7, 11) is 1.51. The second-order valence-electron chi connectivity index (χ2n) is 4.87. The molecule has 0 heterocycles. The number of hydrogen-bond acceptors (Lipinski definition) is 3. The molecule has 0 aliphatic carbocycles. The molecule has 22 heavy (non-hydrogen) atoms. The number of hydrogen-bond donors (Lipinski definition) is 2. The number of benzene rings is 2. The maximum absolute atomic E-state index is 11.9. The minimum Gasteiger partial charge on any atom is -0.504 e. The van der Waals surface area contributed by atoms with Crippen molar-refractivity contribution in [3.05, 3.63) is 58.1 Å². The lowest BCUT2D eigenvalue weighted by Crippen LogP contribution is -2.27. The first-order valence-corrected chi connectivity index (χ1v) is 7.75. The Morgan fingerprint density at radius 1 is 1.27 bits per heavy atom. The Morgan fingerprint density at radius 3 is 2.77 bits per heavy atom. The van der Waals surface area contributed by atoms with Gasteiger partial charge in [0.15, 0.2) is 11.5 Å². The van der Waals surface area contributed by atoms with E-state index < -0.39 is 0 Å². The maximum atomic E-state index is 11.9. The largest absolute Gasteiger partial charge is 0.504 e. The Bertz CT molecular complexity index is 658. The number of ether oxygens (including phenoxy) is 1. The lowest BCUT2D eigenvalue weighted by atomic mass is 10.1. The van der Waals surface area contributed by atoms with Gasteiger partial charge in [0.25, 0.3) is 0 Å². The van der Waals surface area contributed by atoms with Crippen LogP contribution in [0.15, 0.2) is 46.9 Å². The van der Waals surface area contributed by atoms with Crippen LogP contribution >= 0.6 is 15.9 Å². The fraction of sp³-hybridized carbons (Fsp3) is 0.235. The van der Waals surface area contributed by atoms with Crippen LogP contribution in [0.3, 0.4) is 0 Å². The first-order chi connectivity index (χ1) is 10.6. The monoisotopic (exact) mass is 363 g/mol. The number of halogens is 1. The molecule has 0 aliphatic heterocycles. The highest BCUT2D eigenvalue weighted by Gasteiger charge is 2.07. The van der Waals surface area contributed by atoms with Crippen LogP contribution in [0.5, 0.6) is 11.5 Å². The molecule has 0 atom stereocenters. The van der Waals surface area contributed by atoms with Crippen molar-refractivity contribution < 1.29 is 14.6 Å². The average Bonchev–Trinajstić information content (AvgIpc) is 2.51. The number of methoxy groups -OCH3 is 1. The molecule has 0 spiro atoms. The van der Waals surface area contributed by atoms with Crippen molar-refractivity contribution in [1.82, 2.24) is 5.32 Å². The molecule has 4 nitrogen and oxygen atoms in total. The molecular formula is C17H18BrNO3. The quantitative estimate of drug-likeness (QED) is 0.828. The Labute approximate surface area is 138 Å².